The lowest BCUT2D eigenvalue weighted by molar-refractivity contribution is 0.123. The topological polar surface area (TPSA) is 63.0 Å². The Kier molecular flexibility index (Phi) is 5.19. The summed E-state index contributed by atoms with van der Waals surface area (Å²) in [5, 5.41) is 18.8. The first-order valence-corrected chi connectivity index (χ1v) is 7.69. The molecule has 21 heavy (non-hydrogen) atoms. The normalized spacial score (nSPS) is 13.5. The van der Waals surface area contributed by atoms with Gasteiger partial charge in [0.25, 0.3) is 0 Å². The van der Waals surface area contributed by atoms with Crippen LogP contribution in [0, 0.1) is 5.92 Å². The molecule has 2 N–H and O–H groups in total. The van der Waals surface area contributed by atoms with Gasteiger partial charge in [-0.2, -0.15) is 5.10 Å². The van der Waals surface area contributed by atoms with E-state index in [-0.39, 0.29) is 18.1 Å². The van der Waals surface area contributed by atoms with Crippen molar-refractivity contribution in [2.45, 2.75) is 46.4 Å². The van der Waals surface area contributed by atoms with Crippen LogP contribution < -0.4 is 5.32 Å². The average Bonchev–Trinajstić information content (AvgIpc) is 2.81. The number of hydrogen-bond donors (Lipinski definition) is 2. The summed E-state index contributed by atoms with van der Waals surface area (Å²) in [5.74, 6) is 0.234. The molecule has 2 heterocycles. The maximum Gasteiger partial charge on any atom is 0.159 e. The quantitative estimate of drug-likeness (QED) is 0.805. The van der Waals surface area contributed by atoms with E-state index in [1.165, 1.54) is 0 Å². The molecule has 0 radical (unpaired) electrons. The van der Waals surface area contributed by atoms with Gasteiger partial charge in [-0.3, -0.25) is 0 Å². The second kappa shape index (κ2) is 6.73. The number of aliphatic hydroxyl groups excluding tert-OH is 1. The predicted molar refractivity (Wildman–Crippen MR) is 85.5 cm³/mol. The van der Waals surface area contributed by atoms with Crippen LogP contribution in [-0.4, -0.2) is 32.5 Å². The number of pyridine rings is 1. The summed E-state index contributed by atoms with van der Waals surface area (Å²) in [6.45, 7) is 9.23. The maximum atomic E-state index is 9.79. The van der Waals surface area contributed by atoms with E-state index >= 15 is 0 Å². The Hall–Kier alpha value is -1.17. The second-order valence-electron chi connectivity index (χ2n) is 5.98. The molecule has 2 aromatic heterocycles. The molecule has 6 heteroatoms. The fraction of sp³-hybridized carbons (Fsp3) is 0.600. The molecular formula is C15H23ClN4O. The third-order valence-electron chi connectivity index (χ3n) is 3.52. The van der Waals surface area contributed by atoms with Crippen LogP contribution in [0.3, 0.4) is 0 Å². The van der Waals surface area contributed by atoms with Crippen LogP contribution in [0.5, 0.6) is 0 Å². The summed E-state index contributed by atoms with van der Waals surface area (Å²) in [6.07, 6.45) is 1.45. The van der Waals surface area contributed by atoms with Gasteiger partial charge in [-0.1, -0.05) is 25.4 Å². The van der Waals surface area contributed by atoms with Crippen molar-refractivity contribution in [1.82, 2.24) is 20.1 Å². The minimum Gasteiger partial charge on any atom is -0.392 e. The fourth-order valence-electron chi connectivity index (χ4n) is 2.09. The van der Waals surface area contributed by atoms with Crippen molar-refractivity contribution >= 4 is 22.6 Å². The number of fused-ring (bicyclic) bond motifs is 1. The largest absolute Gasteiger partial charge is 0.392 e. The van der Waals surface area contributed by atoms with Crippen molar-refractivity contribution in [3.8, 4) is 0 Å². The van der Waals surface area contributed by atoms with Crippen molar-refractivity contribution in [3.63, 3.8) is 0 Å². The molecule has 0 amide bonds. The van der Waals surface area contributed by atoms with E-state index in [4.69, 9.17) is 11.6 Å². The first-order chi connectivity index (χ1) is 9.90. The number of rotatable bonds is 6. The van der Waals surface area contributed by atoms with Crippen molar-refractivity contribution in [3.05, 3.63) is 23.0 Å². The van der Waals surface area contributed by atoms with Gasteiger partial charge in [0.1, 0.15) is 5.15 Å². The average molecular weight is 311 g/mol. The Morgan fingerprint density at radius 2 is 2.05 bits per heavy atom. The molecule has 2 rings (SSSR count). The molecule has 0 bridgehead atoms. The molecule has 5 nitrogen and oxygen atoms in total. The molecule has 0 spiro atoms. The number of halogens is 1. The highest BCUT2D eigenvalue weighted by Gasteiger charge is 2.12. The molecule has 0 saturated heterocycles. The molecule has 0 aromatic carbocycles. The number of aromatic nitrogens is 3. The van der Waals surface area contributed by atoms with E-state index in [1.807, 2.05) is 30.8 Å². The Bertz CT molecular complexity index is 609. The Balaban J connectivity index is 2.13. The molecule has 0 fully saturated rings. The van der Waals surface area contributed by atoms with E-state index in [9.17, 15) is 5.11 Å². The monoisotopic (exact) mass is 310 g/mol. The van der Waals surface area contributed by atoms with Gasteiger partial charge in [-0.15, -0.1) is 0 Å². The standard InChI is InChI=1S/C15H23ClN4O/c1-9(2)13(21)8-17-6-11-5-12-7-18-20(10(3)4)15(12)19-14(11)16/h5,7,9-10,13,17,21H,6,8H2,1-4H3. The Morgan fingerprint density at radius 1 is 1.33 bits per heavy atom. The lowest BCUT2D eigenvalue weighted by Crippen LogP contribution is -2.30. The van der Waals surface area contributed by atoms with Gasteiger partial charge < -0.3 is 10.4 Å². The van der Waals surface area contributed by atoms with Crippen molar-refractivity contribution in [2.75, 3.05) is 6.54 Å². The van der Waals surface area contributed by atoms with E-state index in [1.54, 1.807) is 0 Å². The molecule has 0 aliphatic rings. The van der Waals surface area contributed by atoms with Crippen molar-refractivity contribution < 1.29 is 5.11 Å². The summed E-state index contributed by atoms with van der Waals surface area (Å²) < 4.78 is 1.86. The number of nitrogens with one attached hydrogen (secondary N) is 1. The minimum atomic E-state index is -0.357. The summed E-state index contributed by atoms with van der Waals surface area (Å²) in [4.78, 5) is 4.45. The van der Waals surface area contributed by atoms with Gasteiger partial charge >= 0.3 is 0 Å². The SMILES string of the molecule is CC(C)C(O)CNCc1cc2cnn(C(C)C)c2nc1Cl. The van der Waals surface area contributed by atoms with Crippen LogP contribution in [0.25, 0.3) is 11.0 Å². The van der Waals surface area contributed by atoms with Crippen LogP contribution in [0.4, 0.5) is 0 Å². The Morgan fingerprint density at radius 3 is 2.67 bits per heavy atom. The number of aliphatic hydroxyl groups is 1. The van der Waals surface area contributed by atoms with Crippen LogP contribution >= 0.6 is 11.6 Å². The molecule has 0 aliphatic carbocycles. The van der Waals surface area contributed by atoms with Gasteiger partial charge in [0.15, 0.2) is 5.65 Å². The third-order valence-corrected chi connectivity index (χ3v) is 3.85. The predicted octanol–water partition coefficient (Wildman–Crippen LogP) is 2.77. The van der Waals surface area contributed by atoms with Crippen LogP contribution in [0.1, 0.15) is 39.3 Å². The molecule has 116 valence electrons. The summed E-state index contributed by atoms with van der Waals surface area (Å²) in [7, 11) is 0. The van der Waals surface area contributed by atoms with Crippen LogP contribution in [0.2, 0.25) is 5.15 Å². The second-order valence-corrected chi connectivity index (χ2v) is 6.33. The molecular weight excluding hydrogens is 288 g/mol. The first kappa shape index (κ1) is 16.2. The third kappa shape index (κ3) is 3.73. The molecule has 0 aliphatic heterocycles. The zero-order valence-electron chi connectivity index (χ0n) is 13.0. The van der Waals surface area contributed by atoms with Gasteiger partial charge in [-0.05, 0) is 25.8 Å². The molecule has 0 saturated carbocycles. The van der Waals surface area contributed by atoms with Gasteiger partial charge in [0.2, 0.25) is 0 Å². The van der Waals surface area contributed by atoms with E-state index in [0.29, 0.717) is 18.2 Å². The fourth-order valence-corrected chi connectivity index (χ4v) is 2.29. The lowest BCUT2D eigenvalue weighted by atomic mass is 10.1. The Labute approximate surface area is 130 Å². The highest BCUT2D eigenvalue weighted by atomic mass is 35.5. The minimum absolute atomic E-state index is 0.234. The zero-order valence-corrected chi connectivity index (χ0v) is 13.7. The van der Waals surface area contributed by atoms with E-state index in [0.717, 1.165) is 16.6 Å². The number of nitrogens with zero attached hydrogens (tertiary/aromatic N) is 3. The van der Waals surface area contributed by atoms with Crippen molar-refractivity contribution in [1.29, 1.82) is 0 Å². The number of hydrogen-bond acceptors (Lipinski definition) is 4. The molecule has 1 atom stereocenters. The van der Waals surface area contributed by atoms with Gasteiger partial charge in [0.05, 0.1) is 12.3 Å². The highest BCUT2D eigenvalue weighted by molar-refractivity contribution is 6.30. The van der Waals surface area contributed by atoms with Crippen LogP contribution in [0.15, 0.2) is 12.3 Å². The lowest BCUT2D eigenvalue weighted by Gasteiger charge is -2.15. The summed E-state index contributed by atoms with van der Waals surface area (Å²) in [6, 6.07) is 2.25. The van der Waals surface area contributed by atoms with E-state index < -0.39 is 0 Å². The van der Waals surface area contributed by atoms with Gasteiger partial charge in [0, 0.05) is 30.1 Å². The smallest absolute Gasteiger partial charge is 0.159 e. The molecule has 1 unspecified atom stereocenters. The summed E-state index contributed by atoms with van der Waals surface area (Å²) in [5.41, 5.74) is 1.73. The van der Waals surface area contributed by atoms with Crippen molar-refractivity contribution in [2.24, 2.45) is 5.92 Å². The van der Waals surface area contributed by atoms with E-state index in [2.05, 4.69) is 29.2 Å². The zero-order chi connectivity index (χ0) is 15.6. The van der Waals surface area contributed by atoms with Gasteiger partial charge in [-0.25, -0.2) is 9.67 Å². The highest BCUT2D eigenvalue weighted by Crippen LogP contribution is 2.22. The summed E-state index contributed by atoms with van der Waals surface area (Å²) >= 11 is 6.26. The van der Waals surface area contributed by atoms with Crippen LogP contribution in [-0.2, 0) is 6.54 Å². The maximum absolute atomic E-state index is 9.79. The first-order valence-electron chi connectivity index (χ1n) is 7.31. The molecule has 2 aromatic rings.